The Hall–Kier alpha value is -2.61. The van der Waals surface area contributed by atoms with Crippen molar-refractivity contribution in [1.82, 2.24) is 9.88 Å². The number of anilines is 1. The molecule has 1 aromatic carbocycles. The molecule has 140 valence electrons. The van der Waals surface area contributed by atoms with Crippen LogP contribution in [0.25, 0.3) is 10.9 Å². The number of hydrogen-bond acceptors (Lipinski definition) is 5. The number of benzene rings is 1. The molecule has 1 fully saturated rings. The number of ether oxygens (including phenoxy) is 1. The molecule has 1 saturated heterocycles. The van der Waals surface area contributed by atoms with E-state index in [1.807, 2.05) is 11.8 Å². The highest BCUT2D eigenvalue weighted by molar-refractivity contribution is 5.88. The lowest BCUT2D eigenvalue weighted by Crippen LogP contribution is -2.46. The van der Waals surface area contributed by atoms with Crippen molar-refractivity contribution in [3.05, 3.63) is 33.9 Å². The minimum atomic E-state index is -1.59. The molecule has 0 atom stereocenters. The van der Waals surface area contributed by atoms with Crippen molar-refractivity contribution >= 4 is 22.7 Å². The van der Waals surface area contributed by atoms with Crippen LogP contribution in [0.1, 0.15) is 19.4 Å². The number of halogens is 1. The molecule has 1 aliphatic heterocycles. The summed E-state index contributed by atoms with van der Waals surface area (Å²) >= 11 is 0. The number of pyridine rings is 1. The Morgan fingerprint density at radius 3 is 2.58 bits per heavy atom. The molecular formula is C18H22FN3O4. The number of carbonyl (C=O) groups is 1. The van der Waals surface area contributed by atoms with Crippen LogP contribution in [0.3, 0.4) is 0 Å². The Morgan fingerprint density at radius 1 is 1.31 bits per heavy atom. The van der Waals surface area contributed by atoms with Gasteiger partial charge in [0.25, 0.3) is 0 Å². The fourth-order valence-electron chi connectivity index (χ4n) is 3.52. The van der Waals surface area contributed by atoms with Crippen LogP contribution in [0.4, 0.5) is 14.9 Å². The lowest BCUT2D eigenvalue weighted by molar-refractivity contribution is 0.144. The van der Waals surface area contributed by atoms with E-state index in [-0.39, 0.29) is 11.1 Å². The van der Waals surface area contributed by atoms with E-state index in [2.05, 4.69) is 21.5 Å². The first kappa shape index (κ1) is 18.2. The Morgan fingerprint density at radius 2 is 2.00 bits per heavy atom. The van der Waals surface area contributed by atoms with E-state index in [1.54, 1.807) is 0 Å². The first-order valence-electron chi connectivity index (χ1n) is 8.71. The van der Waals surface area contributed by atoms with E-state index in [0.717, 1.165) is 19.6 Å². The molecule has 1 aromatic heterocycles. The van der Waals surface area contributed by atoms with Gasteiger partial charge in [0.2, 0.25) is 5.43 Å². The summed E-state index contributed by atoms with van der Waals surface area (Å²) in [6, 6.07) is 1.17. The van der Waals surface area contributed by atoms with Crippen LogP contribution >= 0.6 is 0 Å². The molecule has 0 bridgehead atoms. The van der Waals surface area contributed by atoms with E-state index in [4.69, 9.17) is 5.11 Å². The van der Waals surface area contributed by atoms with Crippen molar-refractivity contribution in [3.8, 4) is 5.75 Å². The number of aromatic nitrogens is 1. The van der Waals surface area contributed by atoms with Crippen molar-refractivity contribution in [1.29, 1.82) is 0 Å². The quantitative estimate of drug-likeness (QED) is 0.812. The second kappa shape index (κ2) is 7.33. The minimum Gasteiger partial charge on any atom is -0.449 e. The normalized spacial score (nSPS) is 15.4. The predicted molar refractivity (Wildman–Crippen MR) is 96.9 cm³/mol. The third kappa shape index (κ3) is 3.24. The number of aryl methyl sites for hydroxylation is 1. The second-order valence-electron chi connectivity index (χ2n) is 6.23. The number of nitrogens with one attached hydrogen (secondary N) is 1. The summed E-state index contributed by atoms with van der Waals surface area (Å²) in [5.74, 6) is -0.840. The van der Waals surface area contributed by atoms with Crippen LogP contribution in [0, 0.1) is 5.82 Å². The molecule has 0 radical (unpaired) electrons. The number of hydrogen-bond donors (Lipinski definition) is 2. The van der Waals surface area contributed by atoms with E-state index in [1.165, 1.54) is 12.3 Å². The maximum absolute atomic E-state index is 14.9. The molecule has 0 aliphatic carbocycles. The number of aromatic amines is 1. The molecule has 26 heavy (non-hydrogen) atoms. The van der Waals surface area contributed by atoms with Crippen molar-refractivity contribution in [2.45, 2.75) is 20.3 Å². The summed E-state index contributed by atoms with van der Waals surface area (Å²) in [5, 5.41) is 8.81. The molecule has 3 rings (SSSR count). The number of H-pyrrole nitrogens is 1. The van der Waals surface area contributed by atoms with Crippen LogP contribution in [0.5, 0.6) is 5.75 Å². The highest BCUT2D eigenvalue weighted by atomic mass is 19.1. The third-order valence-corrected chi connectivity index (χ3v) is 4.86. The van der Waals surface area contributed by atoms with Gasteiger partial charge in [0, 0.05) is 37.9 Å². The predicted octanol–water partition coefficient (Wildman–Crippen LogP) is 2.43. The summed E-state index contributed by atoms with van der Waals surface area (Å²) in [6.07, 6.45) is 0.165. The maximum atomic E-state index is 14.9. The summed E-state index contributed by atoms with van der Waals surface area (Å²) in [5.41, 5.74) is 1.10. The lowest BCUT2D eigenvalue weighted by atomic mass is 10.0. The summed E-state index contributed by atoms with van der Waals surface area (Å²) < 4.78 is 19.4. The fourth-order valence-corrected chi connectivity index (χ4v) is 3.52. The molecule has 8 heteroatoms. The van der Waals surface area contributed by atoms with Crippen LogP contribution in [-0.2, 0) is 6.42 Å². The van der Waals surface area contributed by atoms with Gasteiger partial charge in [0.1, 0.15) is 5.82 Å². The molecule has 7 nitrogen and oxygen atoms in total. The van der Waals surface area contributed by atoms with Gasteiger partial charge in [-0.05, 0) is 19.0 Å². The van der Waals surface area contributed by atoms with Gasteiger partial charge in [-0.1, -0.05) is 13.8 Å². The molecule has 2 aromatic rings. The van der Waals surface area contributed by atoms with Gasteiger partial charge in [0.15, 0.2) is 5.75 Å². The number of nitrogens with zero attached hydrogens (tertiary/aromatic N) is 2. The molecule has 0 unspecified atom stereocenters. The summed E-state index contributed by atoms with van der Waals surface area (Å²) in [6.45, 7) is 8.12. The number of likely N-dealkylation sites (N-methyl/N-ethyl adjacent to an activating group) is 1. The standard InChI is InChI=1S/C18H22FN3O4/c1-3-11-15-12(17(23)14(10-20-15)26-18(24)25)9-13(19)16(11)22-7-5-21(4-2)6-8-22/h9-10H,3-8H2,1-2H3,(H,20,23)(H,24,25). The van der Waals surface area contributed by atoms with Crippen molar-refractivity contribution in [2.24, 2.45) is 0 Å². The van der Waals surface area contributed by atoms with E-state index in [9.17, 15) is 14.0 Å². The van der Waals surface area contributed by atoms with Crippen LogP contribution in [-0.4, -0.2) is 53.9 Å². The molecule has 1 aliphatic rings. The molecule has 0 saturated carbocycles. The first-order valence-corrected chi connectivity index (χ1v) is 8.71. The van der Waals surface area contributed by atoms with Crippen molar-refractivity contribution in [2.75, 3.05) is 37.6 Å². The van der Waals surface area contributed by atoms with Crippen LogP contribution in [0.15, 0.2) is 17.1 Å². The molecular weight excluding hydrogens is 341 g/mol. The highest BCUT2D eigenvalue weighted by Crippen LogP contribution is 2.32. The Labute approximate surface area is 150 Å². The second-order valence-corrected chi connectivity index (χ2v) is 6.23. The van der Waals surface area contributed by atoms with Crippen molar-refractivity contribution in [3.63, 3.8) is 0 Å². The van der Waals surface area contributed by atoms with Crippen LogP contribution < -0.4 is 15.1 Å². The largest absolute Gasteiger partial charge is 0.511 e. The molecule has 2 N–H and O–H groups in total. The Bertz CT molecular complexity index is 888. The number of rotatable bonds is 4. The average molecular weight is 363 g/mol. The lowest BCUT2D eigenvalue weighted by Gasteiger charge is -2.36. The van der Waals surface area contributed by atoms with E-state index in [0.29, 0.717) is 36.3 Å². The number of piperazine rings is 1. The molecule has 0 spiro atoms. The number of fused-ring (bicyclic) bond motifs is 1. The van der Waals surface area contributed by atoms with E-state index >= 15 is 0 Å². The average Bonchev–Trinajstić information content (AvgIpc) is 2.63. The Kier molecular flexibility index (Phi) is 5.13. The topological polar surface area (TPSA) is 85.9 Å². The first-order chi connectivity index (χ1) is 12.5. The van der Waals surface area contributed by atoms with Gasteiger partial charge in [0.05, 0.1) is 16.6 Å². The van der Waals surface area contributed by atoms with Gasteiger partial charge in [-0.2, -0.15) is 0 Å². The SMILES string of the molecule is CCc1c(N2CCN(CC)CC2)c(F)cc2c(=O)c(OC(=O)O)c[nH]c12. The zero-order valence-electron chi connectivity index (χ0n) is 14.8. The van der Waals surface area contributed by atoms with Gasteiger partial charge < -0.3 is 24.6 Å². The zero-order valence-corrected chi connectivity index (χ0v) is 14.8. The minimum absolute atomic E-state index is 0.0917. The van der Waals surface area contributed by atoms with Gasteiger partial charge in [-0.3, -0.25) is 4.79 Å². The van der Waals surface area contributed by atoms with Crippen molar-refractivity contribution < 1.29 is 19.0 Å². The van der Waals surface area contributed by atoms with Gasteiger partial charge in [-0.25, -0.2) is 9.18 Å². The monoisotopic (exact) mass is 363 g/mol. The summed E-state index contributed by atoms with van der Waals surface area (Å²) in [4.78, 5) is 30.4. The molecule has 0 amide bonds. The van der Waals surface area contributed by atoms with E-state index < -0.39 is 17.4 Å². The summed E-state index contributed by atoms with van der Waals surface area (Å²) in [7, 11) is 0. The van der Waals surface area contributed by atoms with Crippen LogP contribution in [0.2, 0.25) is 0 Å². The smallest absolute Gasteiger partial charge is 0.449 e. The molecule has 2 heterocycles. The fraction of sp³-hybridized carbons (Fsp3) is 0.444. The third-order valence-electron chi connectivity index (χ3n) is 4.86. The van der Waals surface area contributed by atoms with Gasteiger partial charge in [-0.15, -0.1) is 0 Å². The highest BCUT2D eigenvalue weighted by Gasteiger charge is 2.24. The Balaban J connectivity index is 2.10. The van der Waals surface area contributed by atoms with Gasteiger partial charge >= 0.3 is 6.16 Å². The zero-order chi connectivity index (χ0) is 18.8. The number of carboxylic acid groups (broad SMARTS) is 1. The maximum Gasteiger partial charge on any atom is 0.511 e.